The minimum Gasteiger partial charge on any atom is -0.381 e. The average molecular weight is 448 g/mol. The van der Waals surface area contributed by atoms with E-state index in [1.54, 1.807) is 0 Å². The lowest BCUT2D eigenvalue weighted by Gasteiger charge is -2.38. The molecule has 1 aromatic carbocycles. The number of hydrogen-bond donors (Lipinski definition) is 1. The van der Waals surface area contributed by atoms with Crippen LogP contribution in [0.1, 0.15) is 65.3 Å². The molecule has 33 heavy (non-hydrogen) atoms. The summed E-state index contributed by atoms with van der Waals surface area (Å²) in [4.78, 5) is 9.47. The highest BCUT2D eigenvalue weighted by Gasteiger charge is 2.34. The maximum atomic E-state index is 5.71. The lowest BCUT2D eigenvalue weighted by molar-refractivity contribution is 0.0543. The summed E-state index contributed by atoms with van der Waals surface area (Å²) in [5, 5.41) is 8.38. The largest absolute Gasteiger partial charge is 0.381 e. The fourth-order valence-corrected chi connectivity index (χ4v) is 4.82. The number of aryl methyl sites for hydroxylation is 3. The molecule has 1 aliphatic rings. The van der Waals surface area contributed by atoms with Gasteiger partial charge in [-0.15, -0.1) is 0 Å². The number of nitrogens with zero attached hydrogens (tertiary/aromatic N) is 4. The number of nitrogens with one attached hydrogen (secondary N) is 1. The Morgan fingerprint density at radius 1 is 1.06 bits per heavy atom. The monoisotopic (exact) mass is 447 g/mol. The first-order valence-corrected chi connectivity index (χ1v) is 12.0. The topological polar surface area (TPSA) is 64.9 Å². The molecule has 3 aromatic rings. The summed E-state index contributed by atoms with van der Waals surface area (Å²) < 4.78 is 7.82. The number of ether oxygens (including phenoxy) is 1. The van der Waals surface area contributed by atoms with Gasteiger partial charge < -0.3 is 10.1 Å². The van der Waals surface area contributed by atoms with Crippen molar-refractivity contribution in [2.45, 2.75) is 72.3 Å². The lowest BCUT2D eigenvalue weighted by atomic mass is 9.73. The van der Waals surface area contributed by atoms with E-state index in [0.29, 0.717) is 0 Å². The van der Waals surface area contributed by atoms with Crippen molar-refractivity contribution in [3.8, 4) is 0 Å². The summed E-state index contributed by atoms with van der Waals surface area (Å²) in [6.45, 7) is 15.9. The van der Waals surface area contributed by atoms with Gasteiger partial charge in [0, 0.05) is 49.4 Å². The minimum atomic E-state index is 0.0517. The van der Waals surface area contributed by atoms with Crippen molar-refractivity contribution < 1.29 is 4.74 Å². The summed E-state index contributed by atoms with van der Waals surface area (Å²) in [6, 6.07) is 11.0. The zero-order valence-corrected chi connectivity index (χ0v) is 20.9. The molecule has 1 saturated heterocycles. The van der Waals surface area contributed by atoms with Crippen molar-refractivity contribution in [1.82, 2.24) is 19.7 Å². The molecule has 1 atom stereocenters. The first-order chi connectivity index (χ1) is 15.8. The standard InChI is InChI=1S/C27H37N5O/c1-18-8-7-9-24(14-18)27(10-12-33-13-11-27)17-28-26-15-25(29-23(6)30-26)19(2)16-32-22(5)20(3)21(4)31-32/h7-9,14-15,19H,10-13,16-17H2,1-6H3,(H,28,29,30). The third-order valence-corrected chi connectivity index (χ3v) is 7.24. The van der Waals surface area contributed by atoms with Gasteiger partial charge in [0.15, 0.2) is 0 Å². The second-order valence-corrected chi connectivity index (χ2v) is 9.72. The Morgan fingerprint density at radius 3 is 2.48 bits per heavy atom. The van der Waals surface area contributed by atoms with Crippen LogP contribution in [0.15, 0.2) is 30.3 Å². The molecule has 6 heteroatoms. The Bertz CT molecular complexity index is 1110. The van der Waals surface area contributed by atoms with Gasteiger partial charge in [0.25, 0.3) is 0 Å². The van der Waals surface area contributed by atoms with Gasteiger partial charge in [0.05, 0.1) is 11.4 Å². The predicted octanol–water partition coefficient (Wildman–Crippen LogP) is 5.18. The lowest BCUT2D eigenvalue weighted by Crippen LogP contribution is -2.40. The summed E-state index contributed by atoms with van der Waals surface area (Å²) in [5.74, 6) is 1.92. The molecule has 176 valence electrons. The molecule has 4 rings (SSSR count). The van der Waals surface area contributed by atoms with E-state index in [4.69, 9.17) is 19.8 Å². The quantitative estimate of drug-likeness (QED) is 0.541. The van der Waals surface area contributed by atoms with Gasteiger partial charge >= 0.3 is 0 Å². The molecule has 1 fully saturated rings. The maximum Gasteiger partial charge on any atom is 0.129 e. The van der Waals surface area contributed by atoms with Crippen LogP contribution in [0.25, 0.3) is 0 Å². The van der Waals surface area contributed by atoms with Crippen LogP contribution < -0.4 is 5.32 Å². The van der Waals surface area contributed by atoms with Gasteiger partial charge in [0.2, 0.25) is 0 Å². The van der Waals surface area contributed by atoms with E-state index in [9.17, 15) is 0 Å². The van der Waals surface area contributed by atoms with E-state index in [1.165, 1.54) is 22.4 Å². The van der Waals surface area contributed by atoms with E-state index in [1.807, 2.05) is 6.92 Å². The summed E-state index contributed by atoms with van der Waals surface area (Å²) in [7, 11) is 0. The number of hydrogen-bond acceptors (Lipinski definition) is 5. The number of benzene rings is 1. The maximum absolute atomic E-state index is 5.71. The Kier molecular flexibility index (Phi) is 6.84. The van der Waals surface area contributed by atoms with Crippen LogP contribution >= 0.6 is 0 Å². The zero-order valence-electron chi connectivity index (χ0n) is 20.9. The van der Waals surface area contributed by atoms with Gasteiger partial charge in [-0.25, -0.2) is 9.97 Å². The molecule has 1 aliphatic heterocycles. The van der Waals surface area contributed by atoms with E-state index in [0.717, 1.165) is 62.2 Å². The van der Waals surface area contributed by atoms with Crippen molar-refractivity contribution in [2.24, 2.45) is 0 Å². The SMILES string of the molecule is Cc1cccc(C2(CNc3cc(C(C)Cn4nc(C)c(C)c4C)nc(C)n3)CCOCC2)c1. The average Bonchev–Trinajstić information content (AvgIpc) is 3.04. The normalized spacial score (nSPS) is 16.5. The Morgan fingerprint density at radius 2 is 1.82 bits per heavy atom. The Balaban J connectivity index is 1.54. The van der Waals surface area contributed by atoms with E-state index >= 15 is 0 Å². The van der Waals surface area contributed by atoms with Crippen molar-refractivity contribution in [3.05, 3.63) is 69.9 Å². The highest BCUT2D eigenvalue weighted by atomic mass is 16.5. The molecular formula is C27H37N5O. The van der Waals surface area contributed by atoms with Crippen molar-refractivity contribution in [1.29, 1.82) is 0 Å². The minimum absolute atomic E-state index is 0.0517. The predicted molar refractivity (Wildman–Crippen MR) is 133 cm³/mol. The van der Waals surface area contributed by atoms with Gasteiger partial charge in [-0.2, -0.15) is 5.10 Å². The summed E-state index contributed by atoms with van der Waals surface area (Å²) in [5.41, 5.74) is 7.37. The van der Waals surface area contributed by atoms with Crippen LogP contribution in [0.3, 0.4) is 0 Å². The van der Waals surface area contributed by atoms with Crippen molar-refractivity contribution >= 4 is 5.82 Å². The third kappa shape index (κ3) is 5.11. The van der Waals surface area contributed by atoms with Gasteiger partial charge in [-0.3, -0.25) is 4.68 Å². The molecule has 0 amide bonds. The fraction of sp³-hybridized carbons (Fsp3) is 0.519. The second-order valence-electron chi connectivity index (χ2n) is 9.72. The van der Waals surface area contributed by atoms with E-state index < -0.39 is 0 Å². The van der Waals surface area contributed by atoms with Crippen molar-refractivity contribution in [3.63, 3.8) is 0 Å². The van der Waals surface area contributed by atoms with Crippen LogP contribution in [0.4, 0.5) is 5.82 Å². The first kappa shape index (κ1) is 23.4. The molecule has 1 unspecified atom stereocenters. The van der Waals surface area contributed by atoms with Crippen molar-refractivity contribution in [2.75, 3.05) is 25.1 Å². The Hall–Kier alpha value is -2.73. The summed E-state index contributed by atoms with van der Waals surface area (Å²) >= 11 is 0. The zero-order chi connectivity index (χ0) is 23.6. The molecule has 1 N–H and O–H groups in total. The number of rotatable bonds is 7. The fourth-order valence-electron chi connectivity index (χ4n) is 4.82. The summed E-state index contributed by atoms with van der Waals surface area (Å²) in [6.07, 6.45) is 2.02. The molecule has 6 nitrogen and oxygen atoms in total. The van der Waals surface area contributed by atoms with Crippen LogP contribution in [0, 0.1) is 34.6 Å². The highest BCUT2D eigenvalue weighted by molar-refractivity contribution is 5.40. The molecule has 2 aromatic heterocycles. The van der Waals surface area contributed by atoms with Gasteiger partial charge in [-0.1, -0.05) is 36.8 Å². The van der Waals surface area contributed by atoms with E-state index in [-0.39, 0.29) is 11.3 Å². The molecular weight excluding hydrogens is 410 g/mol. The smallest absolute Gasteiger partial charge is 0.129 e. The molecule has 0 spiro atoms. The van der Waals surface area contributed by atoms with E-state index in [2.05, 4.69) is 74.9 Å². The molecule has 0 radical (unpaired) electrons. The number of aromatic nitrogens is 4. The van der Waals surface area contributed by atoms with Crippen LogP contribution in [-0.2, 0) is 16.7 Å². The Labute approximate surface area is 197 Å². The molecule has 3 heterocycles. The third-order valence-electron chi connectivity index (χ3n) is 7.24. The second kappa shape index (κ2) is 9.64. The van der Waals surface area contributed by atoms with Gasteiger partial charge in [0.1, 0.15) is 11.6 Å². The van der Waals surface area contributed by atoms with Crippen LogP contribution in [0.5, 0.6) is 0 Å². The van der Waals surface area contributed by atoms with Crippen LogP contribution in [0.2, 0.25) is 0 Å². The molecule has 0 aliphatic carbocycles. The number of anilines is 1. The molecule has 0 saturated carbocycles. The highest BCUT2D eigenvalue weighted by Crippen LogP contribution is 2.35. The molecule has 0 bridgehead atoms. The first-order valence-electron chi connectivity index (χ1n) is 12.0. The van der Waals surface area contributed by atoms with Gasteiger partial charge in [-0.05, 0) is 58.6 Å². The van der Waals surface area contributed by atoms with Crippen LogP contribution in [-0.4, -0.2) is 39.5 Å².